The van der Waals surface area contributed by atoms with Crippen LogP contribution >= 0.6 is 0 Å². The molecule has 0 aliphatic carbocycles. The zero-order valence-corrected chi connectivity index (χ0v) is 13.7. The quantitative estimate of drug-likeness (QED) is 0.842. The van der Waals surface area contributed by atoms with Gasteiger partial charge >= 0.3 is 5.97 Å². The van der Waals surface area contributed by atoms with Crippen molar-refractivity contribution in [1.82, 2.24) is 0 Å². The van der Waals surface area contributed by atoms with Crippen LogP contribution in [0.25, 0.3) is 6.08 Å². The Bertz CT molecular complexity index is 851. The van der Waals surface area contributed by atoms with Crippen molar-refractivity contribution in [3.8, 4) is 17.2 Å². The van der Waals surface area contributed by atoms with Crippen LogP contribution in [0.5, 0.6) is 17.2 Å². The highest BCUT2D eigenvalue weighted by Gasteiger charge is 2.28. The molecule has 128 valence electrons. The molecule has 2 aromatic rings. The van der Waals surface area contributed by atoms with Gasteiger partial charge in [0.25, 0.3) is 0 Å². The first-order valence-corrected chi connectivity index (χ1v) is 7.60. The second-order valence-corrected chi connectivity index (χ2v) is 5.47. The minimum Gasteiger partial charge on any atom is -0.497 e. The predicted octanol–water partition coefficient (Wildman–Crippen LogP) is 3.16. The Kier molecular flexibility index (Phi) is 4.43. The number of carbonyl (C=O) groups excluding carboxylic acids is 1. The van der Waals surface area contributed by atoms with Crippen LogP contribution in [0.3, 0.4) is 0 Å². The zero-order valence-electron chi connectivity index (χ0n) is 13.7. The van der Waals surface area contributed by atoms with Crippen molar-refractivity contribution in [3.63, 3.8) is 0 Å². The average Bonchev–Trinajstić information content (AvgIpc) is 2.91. The van der Waals surface area contributed by atoms with Crippen LogP contribution in [-0.4, -0.2) is 30.1 Å². The Morgan fingerprint density at radius 2 is 1.84 bits per heavy atom. The Morgan fingerprint density at radius 3 is 2.48 bits per heavy atom. The number of aliphatic carboxylic acids is 1. The van der Waals surface area contributed by atoms with Crippen LogP contribution in [0.15, 0.2) is 48.2 Å². The molecule has 0 saturated carbocycles. The lowest BCUT2D eigenvalue weighted by molar-refractivity contribution is -0.144. The van der Waals surface area contributed by atoms with E-state index in [1.807, 2.05) is 12.1 Å². The number of carboxylic acids is 1. The van der Waals surface area contributed by atoms with Gasteiger partial charge < -0.3 is 19.3 Å². The van der Waals surface area contributed by atoms with E-state index in [0.717, 1.165) is 11.3 Å². The molecule has 0 unspecified atom stereocenters. The molecule has 0 bridgehead atoms. The molecule has 1 aliphatic heterocycles. The van der Waals surface area contributed by atoms with Crippen LogP contribution in [0.2, 0.25) is 0 Å². The van der Waals surface area contributed by atoms with Crippen molar-refractivity contribution in [1.29, 1.82) is 0 Å². The summed E-state index contributed by atoms with van der Waals surface area (Å²) in [7, 11) is 1.58. The summed E-state index contributed by atoms with van der Waals surface area (Å²) >= 11 is 0. The van der Waals surface area contributed by atoms with Crippen LogP contribution < -0.4 is 14.2 Å². The molecule has 0 saturated heterocycles. The van der Waals surface area contributed by atoms with Gasteiger partial charge in [-0.25, -0.2) is 4.79 Å². The molecule has 0 spiro atoms. The summed E-state index contributed by atoms with van der Waals surface area (Å²) in [6.45, 7) is 1.43. The lowest BCUT2D eigenvalue weighted by Crippen LogP contribution is -2.22. The number of fused-ring (bicyclic) bond motifs is 1. The second kappa shape index (κ2) is 6.68. The Labute approximate surface area is 144 Å². The third-order valence-electron chi connectivity index (χ3n) is 3.72. The van der Waals surface area contributed by atoms with Gasteiger partial charge in [0.15, 0.2) is 11.9 Å². The molecular weight excluding hydrogens is 324 g/mol. The predicted molar refractivity (Wildman–Crippen MR) is 90.1 cm³/mol. The standard InChI is InChI=1S/C19H16O6/c1-11(19(21)22)24-14-7-8-15-16(10-14)25-17(18(15)20)9-12-3-5-13(23-2)6-4-12/h3-11H,1-2H3,(H,21,22)/b17-9-/t11-/m1/s1. The summed E-state index contributed by atoms with van der Waals surface area (Å²) in [6.07, 6.45) is 0.645. The minimum absolute atomic E-state index is 0.198. The summed E-state index contributed by atoms with van der Waals surface area (Å²) < 4.78 is 16.0. The van der Waals surface area contributed by atoms with Crippen molar-refractivity contribution in [2.24, 2.45) is 0 Å². The van der Waals surface area contributed by atoms with E-state index in [-0.39, 0.29) is 11.5 Å². The van der Waals surface area contributed by atoms with Gasteiger partial charge in [0.05, 0.1) is 12.7 Å². The molecule has 1 aliphatic rings. The highest BCUT2D eigenvalue weighted by atomic mass is 16.5. The van der Waals surface area contributed by atoms with Crippen LogP contribution in [0, 0.1) is 0 Å². The Hall–Kier alpha value is -3.28. The Balaban J connectivity index is 1.82. The number of hydrogen-bond acceptors (Lipinski definition) is 5. The molecule has 6 nitrogen and oxygen atoms in total. The molecule has 0 fully saturated rings. The maximum Gasteiger partial charge on any atom is 0.344 e. The number of carbonyl (C=O) groups is 2. The van der Waals surface area contributed by atoms with E-state index >= 15 is 0 Å². The summed E-state index contributed by atoms with van der Waals surface area (Å²) in [5.41, 5.74) is 1.21. The molecule has 0 aromatic heterocycles. The first-order valence-electron chi connectivity index (χ1n) is 7.60. The number of rotatable bonds is 5. The SMILES string of the molecule is COc1ccc(/C=C2\Oc3cc(O[C@H](C)C(=O)O)ccc3C2=O)cc1. The van der Waals surface area contributed by atoms with Gasteiger partial charge in [0, 0.05) is 6.07 Å². The lowest BCUT2D eigenvalue weighted by atomic mass is 10.1. The van der Waals surface area contributed by atoms with Gasteiger partial charge in [-0.05, 0) is 42.8 Å². The number of hydrogen-bond donors (Lipinski definition) is 1. The molecule has 25 heavy (non-hydrogen) atoms. The van der Waals surface area contributed by atoms with E-state index in [2.05, 4.69) is 0 Å². The van der Waals surface area contributed by atoms with Crippen molar-refractivity contribution in [2.75, 3.05) is 7.11 Å². The van der Waals surface area contributed by atoms with Gasteiger partial charge in [0.1, 0.15) is 17.2 Å². The highest BCUT2D eigenvalue weighted by molar-refractivity contribution is 6.14. The van der Waals surface area contributed by atoms with E-state index in [9.17, 15) is 9.59 Å². The maximum absolute atomic E-state index is 12.4. The van der Waals surface area contributed by atoms with Crippen molar-refractivity contribution in [2.45, 2.75) is 13.0 Å². The molecule has 6 heteroatoms. The number of allylic oxidation sites excluding steroid dienone is 1. The number of ketones is 1. The smallest absolute Gasteiger partial charge is 0.344 e. The summed E-state index contributed by atoms with van der Waals surface area (Å²) in [5, 5.41) is 8.89. The second-order valence-electron chi connectivity index (χ2n) is 5.47. The number of benzene rings is 2. The molecule has 1 N–H and O–H groups in total. The van der Waals surface area contributed by atoms with Gasteiger partial charge in [-0.2, -0.15) is 0 Å². The Morgan fingerprint density at radius 1 is 1.16 bits per heavy atom. The number of carboxylic acid groups (broad SMARTS) is 1. The van der Waals surface area contributed by atoms with Gasteiger partial charge in [0.2, 0.25) is 5.78 Å². The number of ether oxygens (including phenoxy) is 3. The maximum atomic E-state index is 12.4. The van der Waals surface area contributed by atoms with Gasteiger partial charge in [-0.3, -0.25) is 4.79 Å². The van der Waals surface area contributed by atoms with E-state index in [1.54, 1.807) is 37.5 Å². The largest absolute Gasteiger partial charge is 0.497 e. The highest BCUT2D eigenvalue weighted by Crippen LogP contribution is 2.35. The summed E-state index contributed by atoms with van der Waals surface area (Å²) in [4.78, 5) is 23.3. The zero-order chi connectivity index (χ0) is 18.0. The fourth-order valence-corrected chi connectivity index (χ4v) is 2.35. The fourth-order valence-electron chi connectivity index (χ4n) is 2.35. The number of methoxy groups -OCH3 is 1. The third kappa shape index (κ3) is 3.47. The van der Waals surface area contributed by atoms with Crippen LogP contribution in [0.1, 0.15) is 22.8 Å². The topological polar surface area (TPSA) is 82.1 Å². The first-order chi connectivity index (χ1) is 12.0. The van der Waals surface area contributed by atoms with Gasteiger partial charge in [-0.1, -0.05) is 12.1 Å². The van der Waals surface area contributed by atoms with E-state index in [0.29, 0.717) is 17.1 Å². The van der Waals surface area contributed by atoms with E-state index in [1.165, 1.54) is 13.0 Å². The fraction of sp³-hybridized carbons (Fsp3) is 0.158. The minimum atomic E-state index is -1.07. The normalized spacial score (nSPS) is 15.4. The van der Waals surface area contributed by atoms with Gasteiger partial charge in [-0.15, -0.1) is 0 Å². The summed E-state index contributed by atoms with van der Waals surface area (Å²) in [5.74, 6) is 0.287. The first kappa shape index (κ1) is 16.6. The van der Waals surface area contributed by atoms with Crippen LogP contribution in [0.4, 0.5) is 0 Å². The molecule has 3 rings (SSSR count). The molecular formula is C19H16O6. The molecule has 0 amide bonds. The summed E-state index contributed by atoms with van der Waals surface area (Å²) in [6, 6.07) is 11.8. The molecule has 1 atom stereocenters. The van der Waals surface area contributed by atoms with Crippen LogP contribution in [-0.2, 0) is 4.79 Å². The monoisotopic (exact) mass is 340 g/mol. The van der Waals surface area contributed by atoms with Crippen molar-refractivity contribution in [3.05, 3.63) is 59.4 Å². The molecule has 1 heterocycles. The molecule has 2 aromatic carbocycles. The van der Waals surface area contributed by atoms with E-state index in [4.69, 9.17) is 19.3 Å². The number of Topliss-reactive ketones (excluding diaryl/α,β-unsaturated/α-hetero) is 1. The van der Waals surface area contributed by atoms with E-state index < -0.39 is 12.1 Å². The molecule has 0 radical (unpaired) electrons. The van der Waals surface area contributed by atoms with Crippen molar-refractivity contribution >= 4 is 17.8 Å². The lowest BCUT2D eigenvalue weighted by Gasteiger charge is -2.10. The average molecular weight is 340 g/mol. The third-order valence-corrected chi connectivity index (χ3v) is 3.72. The van der Waals surface area contributed by atoms with Crippen molar-refractivity contribution < 1.29 is 28.9 Å².